The third kappa shape index (κ3) is 2.55. The van der Waals surface area contributed by atoms with Gasteiger partial charge in [-0.2, -0.15) is 0 Å². The molecule has 24 heavy (non-hydrogen) atoms. The first-order valence-electron chi connectivity index (χ1n) is 8.54. The van der Waals surface area contributed by atoms with Crippen molar-refractivity contribution in [1.82, 2.24) is 19.9 Å². The average Bonchev–Trinajstić information content (AvgIpc) is 2.97. The molecule has 4 rings (SSSR count). The number of aromatic nitrogens is 3. The Bertz CT molecular complexity index is 954. The van der Waals surface area contributed by atoms with Crippen LogP contribution < -0.4 is 5.56 Å². The van der Waals surface area contributed by atoms with Crippen molar-refractivity contribution < 1.29 is 0 Å². The number of rotatable bonds is 3. The quantitative estimate of drug-likeness (QED) is 0.779. The molecule has 0 amide bonds. The van der Waals surface area contributed by atoms with E-state index in [1.54, 1.807) is 0 Å². The van der Waals surface area contributed by atoms with Gasteiger partial charge in [0.2, 0.25) is 0 Å². The van der Waals surface area contributed by atoms with Gasteiger partial charge in [-0.05, 0) is 30.9 Å². The number of fused-ring (bicyclic) bond motifs is 2. The van der Waals surface area contributed by atoms with Crippen LogP contribution >= 0.6 is 0 Å². The van der Waals surface area contributed by atoms with E-state index < -0.39 is 0 Å². The molecule has 1 aliphatic rings. The van der Waals surface area contributed by atoms with Crippen LogP contribution in [0.1, 0.15) is 35.1 Å². The van der Waals surface area contributed by atoms with Gasteiger partial charge in [0, 0.05) is 42.3 Å². The number of H-pyrrole nitrogens is 2. The third-order valence-electron chi connectivity index (χ3n) is 4.93. The summed E-state index contributed by atoms with van der Waals surface area (Å²) in [6.07, 6.45) is 3.91. The van der Waals surface area contributed by atoms with Crippen LogP contribution in [0, 0.1) is 6.92 Å². The van der Waals surface area contributed by atoms with Crippen molar-refractivity contribution >= 4 is 10.9 Å². The van der Waals surface area contributed by atoms with Crippen LogP contribution in [0.3, 0.4) is 0 Å². The monoisotopic (exact) mass is 322 g/mol. The van der Waals surface area contributed by atoms with Crippen molar-refractivity contribution in [1.29, 1.82) is 0 Å². The summed E-state index contributed by atoms with van der Waals surface area (Å²) in [4.78, 5) is 25.2. The van der Waals surface area contributed by atoms with E-state index in [1.165, 1.54) is 22.0 Å². The molecule has 0 radical (unpaired) electrons. The Labute approximate surface area is 140 Å². The fourth-order valence-electron chi connectivity index (χ4n) is 3.69. The normalized spacial score (nSPS) is 14.9. The second kappa shape index (κ2) is 5.91. The van der Waals surface area contributed by atoms with Crippen LogP contribution in [-0.2, 0) is 25.9 Å². The van der Waals surface area contributed by atoms with E-state index >= 15 is 0 Å². The van der Waals surface area contributed by atoms with E-state index in [9.17, 15) is 4.79 Å². The summed E-state index contributed by atoms with van der Waals surface area (Å²) >= 11 is 0. The van der Waals surface area contributed by atoms with Crippen molar-refractivity contribution in [3.05, 3.63) is 63.0 Å². The predicted molar refractivity (Wildman–Crippen MR) is 95.1 cm³/mol. The van der Waals surface area contributed by atoms with E-state index in [1.807, 2.05) is 6.92 Å². The standard InChI is InChI=1S/C19H22N4O/c1-3-13-5-4-6-15-14(9-20-18(13)15)10-23-8-7-16-17(11-23)21-12(2)22-19(16)24/h4-6,9,20H,3,7-8,10-11H2,1-2H3,(H,21,22,24). The molecule has 124 valence electrons. The van der Waals surface area contributed by atoms with Gasteiger partial charge >= 0.3 is 0 Å². The van der Waals surface area contributed by atoms with Crippen molar-refractivity contribution in [2.75, 3.05) is 6.54 Å². The predicted octanol–water partition coefficient (Wildman–Crippen LogP) is 2.68. The van der Waals surface area contributed by atoms with Gasteiger partial charge < -0.3 is 9.97 Å². The molecule has 1 aliphatic heterocycles. The maximum Gasteiger partial charge on any atom is 0.254 e. The fourth-order valence-corrected chi connectivity index (χ4v) is 3.69. The summed E-state index contributed by atoms with van der Waals surface area (Å²) in [5, 5.41) is 1.30. The molecule has 5 nitrogen and oxygen atoms in total. The van der Waals surface area contributed by atoms with E-state index in [-0.39, 0.29) is 5.56 Å². The van der Waals surface area contributed by atoms with Crippen LogP contribution in [-0.4, -0.2) is 26.4 Å². The lowest BCUT2D eigenvalue weighted by molar-refractivity contribution is 0.241. The number of para-hydroxylation sites is 1. The molecule has 0 saturated heterocycles. The maximum atomic E-state index is 12.0. The van der Waals surface area contributed by atoms with E-state index in [2.05, 4.69) is 51.2 Å². The van der Waals surface area contributed by atoms with Crippen molar-refractivity contribution in [3.63, 3.8) is 0 Å². The molecule has 0 fully saturated rings. The van der Waals surface area contributed by atoms with Gasteiger partial charge in [-0.1, -0.05) is 25.1 Å². The summed E-state index contributed by atoms with van der Waals surface area (Å²) in [7, 11) is 0. The highest BCUT2D eigenvalue weighted by atomic mass is 16.1. The van der Waals surface area contributed by atoms with Crippen LogP contribution in [0.15, 0.2) is 29.2 Å². The Morgan fingerprint density at radius 1 is 1.29 bits per heavy atom. The summed E-state index contributed by atoms with van der Waals surface area (Å²) in [6, 6.07) is 6.50. The first kappa shape index (κ1) is 15.1. The van der Waals surface area contributed by atoms with Crippen molar-refractivity contribution in [2.45, 2.75) is 39.8 Å². The second-order valence-corrected chi connectivity index (χ2v) is 6.54. The smallest absolute Gasteiger partial charge is 0.254 e. The van der Waals surface area contributed by atoms with Gasteiger partial charge in [0.1, 0.15) is 5.82 Å². The van der Waals surface area contributed by atoms with E-state index in [4.69, 9.17) is 0 Å². The first-order valence-corrected chi connectivity index (χ1v) is 8.54. The number of nitrogens with zero attached hydrogens (tertiary/aromatic N) is 2. The average molecular weight is 322 g/mol. The minimum absolute atomic E-state index is 0.0248. The number of benzene rings is 1. The molecule has 3 heterocycles. The van der Waals surface area contributed by atoms with Crippen LogP contribution in [0.25, 0.3) is 10.9 Å². The van der Waals surface area contributed by atoms with Crippen LogP contribution in [0.4, 0.5) is 0 Å². The van der Waals surface area contributed by atoms with Gasteiger partial charge in [-0.25, -0.2) is 4.98 Å². The minimum Gasteiger partial charge on any atom is -0.361 e. The zero-order chi connectivity index (χ0) is 16.7. The number of aryl methyl sites for hydroxylation is 2. The molecular weight excluding hydrogens is 300 g/mol. The van der Waals surface area contributed by atoms with Crippen LogP contribution in [0.2, 0.25) is 0 Å². The van der Waals surface area contributed by atoms with Gasteiger partial charge in [0.25, 0.3) is 5.56 Å². The minimum atomic E-state index is 0.0248. The van der Waals surface area contributed by atoms with Gasteiger partial charge in [-0.15, -0.1) is 0 Å². The lowest BCUT2D eigenvalue weighted by atomic mass is 10.0. The Balaban J connectivity index is 1.62. The number of hydrogen-bond donors (Lipinski definition) is 2. The Morgan fingerprint density at radius 3 is 3.00 bits per heavy atom. The Kier molecular flexibility index (Phi) is 3.73. The van der Waals surface area contributed by atoms with Crippen molar-refractivity contribution in [2.24, 2.45) is 0 Å². The topological polar surface area (TPSA) is 64.8 Å². The van der Waals surface area contributed by atoms with E-state index in [0.29, 0.717) is 5.82 Å². The molecule has 2 aromatic heterocycles. The maximum absolute atomic E-state index is 12.0. The number of hydrogen-bond acceptors (Lipinski definition) is 3. The molecule has 5 heteroatoms. The lowest BCUT2D eigenvalue weighted by Gasteiger charge is -2.27. The van der Waals surface area contributed by atoms with Gasteiger partial charge in [-0.3, -0.25) is 9.69 Å². The zero-order valence-corrected chi connectivity index (χ0v) is 14.1. The van der Waals surface area contributed by atoms with Gasteiger partial charge in [0.15, 0.2) is 0 Å². The molecule has 0 atom stereocenters. The van der Waals surface area contributed by atoms with E-state index in [0.717, 1.165) is 43.7 Å². The number of nitrogens with one attached hydrogen (secondary N) is 2. The number of aromatic amines is 2. The summed E-state index contributed by atoms with van der Waals surface area (Å²) in [5.41, 5.74) is 5.71. The molecule has 0 bridgehead atoms. The SMILES string of the molecule is CCc1cccc2c(CN3CCc4c(nc(C)[nH]c4=O)C3)c[nH]c12. The van der Waals surface area contributed by atoms with Crippen molar-refractivity contribution in [3.8, 4) is 0 Å². The summed E-state index contributed by atoms with van der Waals surface area (Å²) in [5.74, 6) is 0.695. The molecular formula is C19H22N4O. The van der Waals surface area contributed by atoms with Crippen LogP contribution in [0.5, 0.6) is 0 Å². The molecule has 3 aromatic rings. The Morgan fingerprint density at radius 2 is 2.17 bits per heavy atom. The second-order valence-electron chi connectivity index (χ2n) is 6.54. The first-order chi connectivity index (χ1) is 11.7. The largest absolute Gasteiger partial charge is 0.361 e. The third-order valence-corrected chi connectivity index (χ3v) is 4.93. The van der Waals surface area contributed by atoms with Gasteiger partial charge in [0.05, 0.1) is 5.69 Å². The lowest BCUT2D eigenvalue weighted by Crippen LogP contribution is -2.35. The highest BCUT2D eigenvalue weighted by molar-refractivity contribution is 5.86. The molecule has 2 N–H and O–H groups in total. The zero-order valence-electron chi connectivity index (χ0n) is 14.1. The Hall–Kier alpha value is -2.40. The molecule has 1 aromatic carbocycles. The molecule has 0 unspecified atom stereocenters. The molecule has 0 spiro atoms. The summed E-state index contributed by atoms with van der Waals surface area (Å²) < 4.78 is 0. The summed E-state index contributed by atoms with van der Waals surface area (Å²) in [6.45, 7) is 6.52. The highest BCUT2D eigenvalue weighted by Gasteiger charge is 2.21. The highest BCUT2D eigenvalue weighted by Crippen LogP contribution is 2.25. The fraction of sp³-hybridized carbons (Fsp3) is 0.368. The molecule has 0 aliphatic carbocycles. The molecule has 0 saturated carbocycles.